The van der Waals surface area contributed by atoms with E-state index in [0.29, 0.717) is 13.2 Å². The molecular formula is C23H28N2O3. The van der Waals surface area contributed by atoms with Gasteiger partial charge in [0.05, 0.1) is 6.54 Å². The lowest BCUT2D eigenvalue weighted by atomic mass is 10.0. The lowest BCUT2D eigenvalue weighted by Gasteiger charge is -2.18. The zero-order valence-corrected chi connectivity index (χ0v) is 16.8. The van der Waals surface area contributed by atoms with Crippen LogP contribution in [-0.4, -0.2) is 25.0 Å². The zero-order valence-electron chi connectivity index (χ0n) is 16.8. The number of carbonyl (C=O) groups is 2. The molecule has 28 heavy (non-hydrogen) atoms. The third kappa shape index (κ3) is 4.53. The molecule has 1 atom stereocenters. The predicted molar refractivity (Wildman–Crippen MR) is 111 cm³/mol. The van der Waals surface area contributed by atoms with Crippen molar-refractivity contribution in [2.45, 2.75) is 46.1 Å². The number of unbranched alkanes of at least 4 members (excludes halogenated alkanes) is 1. The Kier molecular flexibility index (Phi) is 6.34. The number of anilines is 1. The summed E-state index contributed by atoms with van der Waals surface area (Å²) >= 11 is 0. The van der Waals surface area contributed by atoms with Gasteiger partial charge in [-0.15, -0.1) is 0 Å². The molecule has 1 heterocycles. The molecule has 0 aromatic heterocycles. The topological polar surface area (TPSA) is 58.6 Å². The molecule has 2 amide bonds. The van der Waals surface area contributed by atoms with Crippen molar-refractivity contribution in [3.63, 3.8) is 0 Å². The molecule has 1 aliphatic rings. The van der Waals surface area contributed by atoms with E-state index >= 15 is 0 Å². The Morgan fingerprint density at radius 2 is 1.93 bits per heavy atom. The van der Waals surface area contributed by atoms with Crippen molar-refractivity contribution < 1.29 is 14.3 Å². The number of hydrogen-bond acceptors (Lipinski definition) is 3. The van der Waals surface area contributed by atoms with Crippen LogP contribution in [-0.2, 0) is 16.0 Å². The Hall–Kier alpha value is -2.82. The maximum absolute atomic E-state index is 13.0. The van der Waals surface area contributed by atoms with Crippen LogP contribution in [0, 0.1) is 6.92 Å². The molecule has 2 aromatic carbocycles. The molecule has 5 nitrogen and oxygen atoms in total. The summed E-state index contributed by atoms with van der Waals surface area (Å²) in [5.41, 5.74) is 4.11. The summed E-state index contributed by atoms with van der Waals surface area (Å²) in [6, 6.07) is 13.4. The number of benzene rings is 2. The van der Waals surface area contributed by atoms with Crippen LogP contribution < -0.4 is 15.0 Å². The standard InChI is InChI=1S/C23H28N2O3/c1-4-5-6-18-9-12-21-20(15-18)22(24-17(3)26)23(27)25(21)13-14-28-19-10-7-16(2)8-11-19/h7-12,15,22H,4-6,13-14H2,1-3H3,(H,24,26)/t22-/m0/s1. The summed E-state index contributed by atoms with van der Waals surface area (Å²) in [5, 5.41) is 2.80. The second kappa shape index (κ2) is 8.91. The summed E-state index contributed by atoms with van der Waals surface area (Å²) in [5.74, 6) is 0.470. The van der Waals surface area contributed by atoms with E-state index in [2.05, 4.69) is 24.4 Å². The number of ether oxygens (including phenoxy) is 1. The highest BCUT2D eigenvalue weighted by molar-refractivity contribution is 6.06. The minimum Gasteiger partial charge on any atom is -0.492 e. The third-order valence-electron chi connectivity index (χ3n) is 4.98. The van der Waals surface area contributed by atoms with Crippen molar-refractivity contribution in [1.82, 2.24) is 5.32 Å². The normalized spacial score (nSPS) is 15.5. The first-order valence-corrected chi connectivity index (χ1v) is 9.90. The molecule has 0 fully saturated rings. The Morgan fingerprint density at radius 3 is 2.61 bits per heavy atom. The molecule has 0 unspecified atom stereocenters. The molecule has 0 spiro atoms. The smallest absolute Gasteiger partial charge is 0.254 e. The summed E-state index contributed by atoms with van der Waals surface area (Å²) < 4.78 is 5.80. The van der Waals surface area contributed by atoms with Gasteiger partial charge in [0, 0.05) is 18.2 Å². The largest absolute Gasteiger partial charge is 0.492 e. The van der Waals surface area contributed by atoms with E-state index in [1.807, 2.05) is 37.3 Å². The molecule has 0 radical (unpaired) electrons. The van der Waals surface area contributed by atoms with Crippen molar-refractivity contribution in [2.75, 3.05) is 18.1 Å². The first kappa shape index (κ1) is 19.9. The van der Waals surface area contributed by atoms with Crippen LogP contribution >= 0.6 is 0 Å². The van der Waals surface area contributed by atoms with Crippen LogP contribution in [0.4, 0.5) is 5.69 Å². The zero-order chi connectivity index (χ0) is 20.1. The summed E-state index contributed by atoms with van der Waals surface area (Å²) in [6.45, 7) is 6.45. The average Bonchev–Trinajstić information content (AvgIpc) is 2.92. The van der Waals surface area contributed by atoms with Gasteiger partial charge in [-0.25, -0.2) is 0 Å². The quantitative estimate of drug-likeness (QED) is 0.755. The summed E-state index contributed by atoms with van der Waals surface area (Å²) in [4.78, 5) is 26.3. The van der Waals surface area contributed by atoms with E-state index in [1.54, 1.807) is 4.90 Å². The predicted octanol–water partition coefficient (Wildman–Crippen LogP) is 3.94. The van der Waals surface area contributed by atoms with Crippen molar-refractivity contribution >= 4 is 17.5 Å². The lowest BCUT2D eigenvalue weighted by molar-refractivity contribution is -0.126. The van der Waals surface area contributed by atoms with E-state index in [1.165, 1.54) is 18.1 Å². The molecule has 2 aromatic rings. The average molecular weight is 380 g/mol. The Balaban J connectivity index is 1.75. The molecule has 0 saturated carbocycles. The molecule has 1 N–H and O–H groups in total. The lowest BCUT2D eigenvalue weighted by Crippen LogP contribution is -2.38. The Labute approximate surface area is 166 Å². The van der Waals surface area contributed by atoms with Gasteiger partial charge < -0.3 is 15.0 Å². The van der Waals surface area contributed by atoms with Crippen molar-refractivity contribution in [3.8, 4) is 5.75 Å². The highest BCUT2D eigenvalue weighted by Gasteiger charge is 2.37. The first-order chi connectivity index (χ1) is 13.5. The van der Waals surface area contributed by atoms with Crippen LogP contribution in [0.5, 0.6) is 5.75 Å². The highest BCUT2D eigenvalue weighted by atomic mass is 16.5. The fourth-order valence-electron chi connectivity index (χ4n) is 3.49. The van der Waals surface area contributed by atoms with Gasteiger partial charge in [-0.2, -0.15) is 0 Å². The van der Waals surface area contributed by atoms with Crippen LogP contribution in [0.1, 0.15) is 49.4 Å². The number of carbonyl (C=O) groups excluding carboxylic acids is 2. The maximum atomic E-state index is 13.0. The number of hydrogen-bond donors (Lipinski definition) is 1. The van der Waals surface area contributed by atoms with Gasteiger partial charge in [-0.3, -0.25) is 9.59 Å². The fraction of sp³-hybridized carbons (Fsp3) is 0.391. The summed E-state index contributed by atoms with van der Waals surface area (Å²) in [6.07, 6.45) is 3.19. The highest BCUT2D eigenvalue weighted by Crippen LogP contribution is 2.36. The second-order valence-electron chi connectivity index (χ2n) is 7.28. The van der Waals surface area contributed by atoms with Crippen molar-refractivity contribution in [2.24, 2.45) is 0 Å². The number of fused-ring (bicyclic) bond motifs is 1. The van der Waals surface area contributed by atoms with Crippen LogP contribution in [0.3, 0.4) is 0 Å². The van der Waals surface area contributed by atoms with Gasteiger partial charge >= 0.3 is 0 Å². The summed E-state index contributed by atoms with van der Waals surface area (Å²) in [7, 11) is 0. The molecule has 148 valence electrons. The second-order valence-corrected chi connectivity index (χ2v) is 7.28. The van der Waals surface area contributed by atoms with Crippen molar-refractivity contribution in [1.29, 1.82) is 0 Å². The third-order valence-corrected chi connectivity index (χ3v) is 4.98. The molecule has 1 aliphatic heterocycles. The van der Waals surface area contributed by atoms with Gasteiger partial charge in [-0.05, 0) is 43.5 Å². The van der Waals surface area contributed by atoms with E-state index in [0.717, 1.165) is 36.3 Å². The van der Waals surface area contributed by atoms with Crippen LogP contribution in [0.25, 0.3) is 0 Å². The fourth-order valence-corrected chi connectivity index (χ4v) is 3.49. The van der Waals surface area contributed by atoms with Crippen molar-refractivity contribution in [3.05, 3.63) is 59.2 Å². The molecular weight excluding hydrogens is 352 g/mol. The van der Waals surface area contributed by atoms with Gasteiger partial charge in [0.15, 0.2) is 0 Å². The van der Waals surface area contributed by atoms with E-state index in [9.17, 15) is 9.59 Å². The van der Waals surface area contributed by atoms with E-state index in [-0.39, 0.29) is 11.8 Å². The molecule has 5 heteroatoms. The Morgan fingerprint density at radius 1 is 1.18 bits per heavy atom. The van der Waals surface area contributed by atoms with E-state index < -0.39 is 6.04 Å². The van der Waals surface area contributed by atoms with E-state index in [4.69, 9.17) is 4.74 Å². The van der Waals surface area contributed by atoms with Gasteiger partial charge in [-0.1, -0.05) is 43.2 Å². The Bertz CT molecular complexity index is 845. The van der Waals surface area contributed by atoms with Gasteiger partial charge in [0.25, 0.3) is 5.91 Å². The number of amides is 2. The van der Waals surface area contributed by atoms with Gasteiger partial charge in [0.2, 0.25) is 5.91 Å². The SMILES string of the molecule is CCCCc1ccc2c(c1)[C@H](NC(C)=O)C(=O)N2CCOc1ccc(C)cc1. The molecule has 0 saturated heterocycles. The molecule has 3 rings (SSSR count). The first-order valence-electron chi connectivity index (χ1n) is 9.90. The molecule has 0 bridgehead atoms. The number of nitrogens with zero attached hydrogens (tertiary/aromatic N) is 1. The van der Waals surface area contributed by atoms with Crippen LogP contribution in [0.2, 0.25) is 0 Å². The maximum Gasteiger partial charge on any atom is 0.254 e. The monoisotopic (exact) mass is 380 g/mol. The minimum atomic E-state index is -0.617. The number of aryl methyl sites for hydroxylation is 2. The molecule has 0 aliphatic carbocycles. The van der Waals surface area contributed by atoms with Gasteiger partial charge in [0.1, 0.15) is 18.4 Å². The minimum absolute atomic E-state index is 0.106. The van der Waals surface area contributed by atoms with Crippen LogP contribution in [0.15, 0.2) is 42.5 Å². The number of nitrogens with one attached hydrogen (secondary N) is 1. The number of rotatable bonds is 8.